The summed E-state index contributed by atoms with van der Waals surface area (Å²) in [6, 6.07) is 22.4. The van der Waals surface area contributed by atoms with E-state index in [2.05, 4.69) is 35.6 Å². The molecule has 0 fully saturated rings. The van der Waals surface area contributed by atoms with Crippen molar-refractivity contribution in [2.45, 2.75) is 32.3 Å². The molecule has 0 aliphatic rings. The van der Waals surface area contributed by atoms with Crippen LogP contribution in [0.4, 0.5) is 4.79 Å². The van der Waals surface area contributed by atoms with Crippen molar-refractivity contribution in [3.8, 4) is 5.75 Å². The second-order valence-corrected chi connectivity index (χ2v) is 7.28. The molecule has 0 saturated carbocycles. The van der Waals surface area contributed by atoms with E-state index in [-0.39, 0.29) is 6.09 Å². The lowest BCUT2D eigenvalue weighted by molar-refractivity contribution is 0.139. The van der Waals surface area contributed by atoms with E-state index < -0.39 is 0 Å². The molecule has 0 saturated heterocycles. The summed E-state index contributed by atoms with van der Waals surface area (Å²) in [5, 5.41) is 5.20. The van der Waals surface area contributed by atoms with Gasteiger partial charge in [-0.1, -0.05) is 54.6 Å². The molecule has 0 atom stereocenters. The zero-order chi connectivity index (χ0) is 21.0. The van der Waals surface area contributed by atoms with Crippen LogP contribution < -0.4 is 15.8 Å². The highest BCUT2D eigenvalue weighted by molar-refractivity contribution is 5.84. The number of carbonyl (C=O) groups excluding carboxylic acids is 1. The van der Waals surface area contributed by atoms with Gasteiger partial charge in [-0.25, -0.2) is 4.79 Å². The van der Waals surface area contributed by atoms with Crippen molar-refractivity contribution in [3.05, 3.63) is 77.9 Å². The molecule has 3 rings (SSSR count). The monoisotopic (exact) mass is 406 g/mol. The van der Waals surface area contributed by atoms with Crippen LogP contribution in [0, 0.1) is 0 Å². The summed E-state index contributed by atoms with van der Waals surface area (Å²) in [5.41, 5.74) is 7.78. The fourth-order valence-corrected chi connectivity index (χ4v) is 3.21. The summed E-state index contributed by atoms with van der Waals surface area (Å²) in [7, 11) is 0. The van der Waals surface area contributed by atoms with Crippen molar-refractivity contribution in [1.82, 2.24) is 5.32 Å². The number of hydrogen-bond acceptors (Lipinski definition) is 4. The molecule has 0 heterocycles. The second-order valence-electron chi connectivity index (χ2n) is 7.28. The van der Waals surface area contributed by atoms with E-state index in [9.17, 15) is 4.79 Å². The molecule has 3 N–H and O–H groups in total. The largest absolute Gasteiger partial charge is 0.494 e. The average Bonchev–Trinajstić information content (AvgIpc) is 2.78. The minimum Gasteiger partial charge on any atom is -0.494 e. The van der Waals surface area contributed by atoms with Gasteiger partial charge in [0.1, 0.15) is 12.4 Å². The molecular weight excluding hydrogens is 376 g/mol. The standard InChI is InChI=1S/C25H30N2O3/c26-14-6-16-29-24-13-12-22-17-20(10-11-23(22)18-24)7-4-5-15-27-25(28)30-19-21-8-2-1-3-9-21/h1-3,8-13,17-18H,4-7,14-16,19,26H2,(H,27,28). The summed E-state index contributed by atoms with van der Waals surface area (Å²) < 4.78 is 10.9. The van der Waals surface area contributed by atoms with Crippen molar-refractivity contribution >= 4 is 16.9 Å². The third-order valence-corrected chi connectivity index (χ3v) is 4.87. The molecule has 0 bridgehead atoms. The first-order chi connectivity index (χ1) is 14.7. The van der Waals surface area contributed by atoms with E-state index in [0.29, 0.717) is 26.3 Å². The lowest BCUT2D eigenvalue weighted by Gasteiger charge is -2.09. The van der Waals surface area contributed by atoms with Crippen LogP contribution in [0.25, 0.3) is 10.8 Å². The Kier molecular flexibility index (Phi) is 8.54. The lowest BCUT2D eigenvalue weighted by atomic mass is 10.0. The zero-order valence-electron chi connectivity index (χ0n) is 17.3. The van der Waals surface area contributed by atoms with Crippen molar-refractivity contribution in [1.29, 1.82) is 0 Å². The minimum absolute atomic E-state index is 0.295. The van der Waals surface area contributed by atoms with Gasteiger partial charge in [0.25, 0.3) is 0 Å². The highest BCUT2D eigenvalue weighted by atomic mass is 16.5. The van der Waals surface area contributed by atoms with Crippen molar-refractivity contribution in [3.63, 3.8) is 0 Å². The number of ether oxygens (including phenoxy) is 2. The predicted molar refractivity (Wildman–Crippen MR) is 121 cm³/mol. The Morgan fingerprint density at radius 1 is 0.867 bits per heavy atom. The van der Waals surface area contributed by atoms with Gasteiger partial charge in [-0.15, -0.1) is 0 Å². The van der Waals surface area contributed by atoms with Gasteiger partial charge < -0.3 is 20.5 Å². The van der Waals surface area contributed by atoms with Gasteiger partial charge in [-0.2, -0.15) is 0 Å². The van der Waals surface area contributed by atoms with Crippen LogP contribution in [0.3, 0.4) is 0 Å². The van der Waals surface area contributed by atoms with Gasteiger partial charge in [-0.3, -0.25) is 0 Å². The summed E-state index contributed by atoms with van der Waals surface area (Å²) in [5.74, 6) is 0.883. The van der Waals surface area contributed by atoms with E-state index in [0.717, 1.165) is 37.0 Å². The molecule has 0 spiro atoms. The molecule has 0 aromatic heterocycles. The normalized spacial score (nSPS) is 10.7. The first-order valence-electron chi connectivity index (χ1n) is 10.5. The number of nitrogens with one attached hydrogen (secondary N) is 1. The maximum atomic E-state index is 11.8. The Labute approximate surface area is 178 Å². The fraction of sp³-hybridized carbons (Fsp3) is 0.320. The number of fused-ring (bicyclic) bond motifs is 1. The van der Waals surface area contributed by atoms with Gasteiger partial charge in [0.15, 0.2) is 0 Å². The van der Waals surface area contributed by atoms with Crippen LogP contribution in [0.1, 0.15) is 30.4 Å². The maximum absolute atomic E-state index is 11.8. The third-order valence-electron chi connectivity index (χ3n) is 4.87. The van der Waals surface area contributed by atoms with E-state index in [1.54, 1.807) is 0 Å². The van der Waals surface area contributed by atoms with Gasteiger partial charge >= 0.3 is 6.09 Å². The number of hydrogen-bond donors (Lipinski definition) is 2. The first-order valence-corrected chi connectivity index (χ1v) is 10.5. The van der Waals surface area contributed by atoms with Crippen LogP contribution in [0.2, 0.25) is 0 Å². The Morgan fingerprint density at radius 3 is 2.50 bits per heavy atom. The quantitative estimate of drug-likeness (QED) is 0.448. The molecule has 0 radical (unpaired) electrons. The number of alkyl carbamates (subject to hydrolysis) is 1. The SMILES string of the molecule is NCCCOc1ccc2cc(CCCCNC(=O)OCc3ccccc3)ccc2c1. The Hall–Kier alpha value is -3.05. The first kappa shape index (κ1) is 21.7. The van der Waals surface area contributed by atoms with Crippen LogP contribution in [0.15, 0.2) is 66.7 Å². The number of unbranched alkanes of at least 4 members (excludes halogenated alkanes) is 1. The Balaban J connectivity index is 1.36. The minimum atomic E-state index is -0.367. The molecule has 5 heteroatoms. The van der Waals surface area contributed by atoms with Crippen molar-refractivity contribution in [2.75, 3.05) is 19.7 Å². The van der Waals surface area contributed by atoms with Crippen molar-refractivity contribution in [2.24, 2.45) is 5.73 Å². The molecule has 30 heavy (non-hydrogen) atoms. The van der Waals surface area contributed by atoms with Crippen LogP contribution >= 0.6 is 0 Å². The van der Waals surface area contributed by atoms with E-state index in [4.69, 9.17) is 15.2 Å². The van der Waals surface area contributed by atoms with E-state index in [1.165, 1.54) is 16.3 Å². The predicted octanol–water partition coefficient (Wildman–Crippen LogP) is 4.82. The molecule has 1 amide bonds. The average molecular weight is 407 g/mol. The lowest BCUT2D eigenvalue weighted by Crippen LogP contribution is -2.25. The molecule has 3 aromatic carbocycles. The number of aryl methyl sites for hydroxylation is 1. The number of rotatable bonds is 11. The molecule has 0 aliphatic carbocycles. The summed E-state index contributed by atoms with van der Waals surface area (Å²) >= 11 is 0. The van der Waals surface area contributed by atoms with Crippen LogP contribution in [0.5, 0.6) is 5.75 Å². The second kappa shape index (κ2) is 11.8. The van der Waals surface area contributed by atoms with Crippen molar-refractivity contribution < 1.29 is 14.3 Å². The fourth-order valence-electron chi connectivity index (χ4n) is 3.21. The maximum Gasteiger partial charge on any atom is 0.407 e. The number of nitrogens with two attached hydrogens (primary N) is 1. The van der Waals surface area contributed by atoms with E-state index >= 15 is 0 Å². The molecular formula is C25H30N2O3. The van der Waals surface area contributed by atoms with Crippen LogP contribution in [-0.2, 0) is 17.8 Å². The smallest absolute Gasteiger partial charge is 0.407 e. The van der Waals surface area contributed by atoms with Gasteiger partial charge in [0.2, 0.25) is 0 Å². The van der Waals surface area contributed by atoms with Crippen LogP contribution in [-0.4, -0.2) is 25.8 Å². The molecule has 5 nitrogen and oxygen atoms in total. The third kappa shape index (κ3) is 7.08. The zero-order valence-corrected chi connectivity index (χ0v) is 17.3. The molecule has 3 aromatic rings. The highest BCUT2D eigenvalue weighted by Gasteiger charge is 2.03. The molecule has 0 aliphatic heterocycles. The summed E-state index contributed by atoms with van der Waals surface area (Å²) in [6.07, 6.45) is 3.38. The Morgan fingerprint density at radius 2 is 1.67 bits per heavy atom. The van der Waals surface area contributed by atoms with Gasteiger partial charge in [-0.05, 0) is 66.3 Å². The topological polar surface area (TPSA) is 73.6 Å². The Bertz CT molecular complexity index is 928. The summed E-state index contributed by atoms with van der Waals surface area (Å²) in [6.45, 7) is 2.20. The van der Waals surface area contributed by atoms with E-state index in [1.807, 2.05) is 36.4 Å². The number of benzene rings is 3. The number of carbonyl (C=O) groups is 1. The van der Waals surface area contributed by atoms with Gasteiger partial charge in [0, 0.05) is 6.54 Å². The molecule has 158 valence electrons. The molecule has 0 unspecified atom stereocenters. The van der Waals surface area contributed by atoms with Gasteiger partial charge in [0.05, 0.1) is 6.61 Å². The summed E-state index contributed by atoms with van der Waals surface area (Å²) in [4.78, 5) is 11.8. The number of amides is 1. The highest BCUT2D eigenvalue weighted by Crippen LogP contribution is 2.23.